The number of amides is 2. The number of rotatable bonds is 3. The summed E-state index contributed by atoms with van der Waals surface area (Å²) < 4.78 is 5.14. The zero-order chi connectivity index (χ0) is 14.5. The van der Waals surface area contributed by atoms with Crippen LogP contribution in [-0.2, 0) is 9.59 Å². The van der Waals surface area contributed by atoms with E-state index >= 15 is 0 Å². The third kappa shape index (κ3) is 2.86. The van der Waals surface area contributed by atoms with Gasteiger partial charge in [-0.05, 0) is 12.1 Å². The molecule has 1 fully saturated rings. The first-order chi connectivity index (χ1) is 9.65. The Morgan fingerprint density at radius 3 is 2.60 bits per heavy atom. The van der Waals surface area contributed by atoms with Crippen molar-refractivity contribution in [2.45, 2.75) is 12.8 Å². The van der Waals surface area contributed by atoms with Crippen molar-refractivity contribution in [2.75, 3.05) is 13.7 Å². The van der Waals surface area contributed by atoms with Gasteiger partial charge in [-0.15, -0.1) is 0 Å². The second kappa shape index (κ2) is 6.02. The second-order valence-electron chi connectivity index (χ2n) is 4.25. The maximum atomic E-state index is 11.4. The largest absolute Gasteiger partial charge is 0.495 e. The van der Waals surface area contributed by atoms with Crippen LogP contribution in [0.2, 0.25) is 0 Å². The maximum absolute atomic E-state index is 11.4. The smallest absolute Gasteiger partial charge is 0.230 e. The van der Waals surface area contributed by atoms with E-state index in [1.54, 1.807) is 18.2 Å². The molecule has 0 aromatic heterocycles. The molecule has 0 saturated carbocycles. The van der Waals surface area contributed by atoms with Crippen molar-refractivity contribution < 1.29 is 19.1 Å². The van der Waals surface area contributed by atoms with E-state index < -0.39 is 0 Å². The van der Waals surface area contributed by atoms with E-state index in [1.165, 1.54) is 7.11 Å². The number of likely N-dealkylation sites (tertiary alicyclic amines) is 1. The van der Waals surface area contributed by atoms with Gasteiger partial charge in [-0.2, -0.15) is 0 Å². The van der Waals surface area contributed by atoms with E-state index in [-0.39, 0.29) is 31.2 Å². The molecule has 0 spiro atoms. The van der Waals surface area contributed by atoms with Crippen molar-refractivity contribution in [1.82, 2.24) is 4.90 Å². The summed E-state index contributed by atoms with van der Waals surface area (Å²) in [6, 6.07) is 4.89. The van der Waals surface area contributed by atoms with Crippen LogP contribution >= 0.6 is 0 Å². The van der Waals surface area contributed by atoms with Gasteiger partial charge in [0.2, 0.25) is 11.8 Å². The average molecular weight is 271 g/mol. The third-order valence-corrected chi connectivity index (χ3v) is 2.98. The Balaban J connectivity index is 2.14. The van der Waals surface area contributed by atoms with E-state index in [9.17, 15) is 14.4 Å². The normalized spacial score (nSPS) is 13.9. The predicted molar refractivity (Wildman–Crippen MR) is 71.2 cm³/mol. The minimum Gasteiger partial charge on any atom is -0.495 e. The van der Waals surface area contributed by atoms with Gasteiger partial charge in [0.1, 0.15) is 12.0 Å². The Hall–Kier alpha value is -2.61. The minimum atomic E-state index is -0.187. The van der Waals surface area contributed by atoms with Gasteiger partial charge in [0.05, 0.1) is 19.2 Å². The van der Waals surface area contributed by atoms with Crippen molar-refractivity contribution in [3.8, 4) is 17.6 Å². The highest BCUT2D eigenvalue weighted by Gasteiger charge is 2.27. The summed E-state index contributed by atoms with van der Waals surface area (Å²) in [4.78, 5) is 34.6. The van der Waals surface area contributed by atoms with Gasteiger partial charge in [-0.3, -0.25) is 19.3 Å². The molecule has 1 aromatic carbocycles. The number of nitrogens with zero attached hydrogens (tertiary/aromatic N) is 1. The monoisotopic (exact) mass is 271 g/mol. The van der Waals surface area contributed by atoms with Crippen LogP contribution in [0.15, 0.2) is 18.2 Å². The van der Waals surface area contributed by atoms with Crippen LogP contribution in [0.5, 0.6) is 5.75 Å². The highest BCUT2D eigenvalue weighted by Crippen LogP contribution is 2.18. The van der Waals surface area contributed by atoms with Crippen LogP contribution in [0, 0.1) is 11.8 Å². The van der Waals surface area contributed by atoms with E-state index in [0.29, 0.717) is 16.9 Å². The molecule has 0 radical (unpaired) electrons. The number of methoxy groups -OCH3 is 1. The fraction of sp³-hybridized carbons (Fsp3) is 0.267. The number of carbonyl (C=O) groups is 3. The number of carbonyl (C=O) groups excluding carboxylic acids is 3. The molecule has 0 aliphatic carbocycles. The number of imide groups is 1. The molecule has 0 atom stereocenters. The molecule has 1 aromatic rings. The molecule has 0 bridgehead atoms. The molecular weight excluding hydrogens is 258 g/mol. The van der Waals surface area contributed by atoms with Gasteiger partial charge in [0, 0.05) is 18.4 Å². The number of hydrogen-bond donors (Lipinski definition) is 0. The molecule has 1 aliphatic rings. The summed E-state index contributed by atoms with van der Waals surface area (Å²) in [5.41, 5.74) is 1.11. The zero-order valence-electron chi connectivity index (χ0n) is 11.0. The van der Waals surface area contributed by atoms with Crippen LogP contribution < -0.4 is 4.74 Å². The second-order valence-corrected chi connectivity index (χ2v) is 4.25. The summed E-state index contributed by atoms with van der Waals surface area (Å²) in [7, 11) is 1.49. The van der Waals surface area contributed by atoms with Crippen LogP contribution in [0.25, 0.3) is 0 Å². The number of benzene rings is 1. The molecule has 5 nitrogen and oxygen atoms in total. The Morgan fingerprint density at radius 1 is 1.30 bits per heavy atom. The lowest BCUT2D eigenvalue weighted by Gasteiger charge is -2.08. The van der Waals surface area contributed by atoms with Crippen LogP contribution in [0.1, 0.15) is 28.8 Å². The van der Waals surface area contributed by atoms with E-state index in [1.807, 2.05) is 0 Å². The van der Waals surface area contributed by atoms with Crippen LogP contribution in [-0.4, -0.2) is 36.7 Å². The van der Waals surface area contributed by atoms with Crippen LogP contribution in [0.3, 0.4) is 0 Å². The summed E-state index contributed by atoms with van der Waals surface area (Å²) in [6.07, 6.45) is 1.25. The minimum absolute atomic E-state index is 0.0796. The average Bonchev–Trinajstić information content (AvgIpc) is 2.79. The number of hydrogen-bond acceptors (Lipinski definition) is 4. The topological polar surface area (TPSA) is 63.7 Å². The maximum Gasteiger partial charge on any atom is 0.230 e. The first kappa shape index (κ1) is 13.8. The fourth-order valence-corrected chi connectivity index (χ4v) is 1.90. The molecule has 1 heterocycles. The Labute approximate surface area is 116 Å². The molecule has 0 unspecified atom stereocenters. The fourth-order valence-electron chi connectivity index (χ4n) is 1.90. The number of ether oxygens (including phenoxy) is 1. The van der Waals surface area contributed by atoms with Crippen LogP contribution in [0.4, 0.5) is 0 Å². The lowest BCUT2D eigenvalue weighted by Crippen LogP contribution is -2.29. The first-order valence-corrected chi connectivity index (χ1v) is 6.11. The SMILES string of the molecule is COc1cc(C=O)ccc1C#CCN1C(=O)CCC1=O. The molecule has 102 valence electrons. The van der Waals surface area contributed by atoms with Crippen molar-refractivity contribution in [1.29, 1.82) is 0 Å². The van der Waals surface area contributed by atoms with E-state index in [0.717, 1.165) is 11.2 Å². The van der Waals surface area contributed by atoms with Gasteiger partial charge in [-0.1, -0.05) is 17.9 Å². The quantitative estimate of drug-likeness (QED) is 0.467. The Morgan fingerprint density at radius 2 is 2.00 bits per heavy atom. The van der Waals surface area contributed by atoms with Gasteiger partial charge in [0.25, 0.3) is 0 Å². The predicted octanol–water partition coefficient (Wildman–Crippen LogP) is 1.01. The zero-order valence-corrected chi connectivity index (χ0v) is 11.0. The van der Waals surface area contributed by atoms with Crippen molar-refractivity contribution >= 4 is 18.1 Å². The standard InChI is InChI=1S/C15H13NO4/c1-20-13-9-11(10-17)4-5-12(13)3-2-8-16-14(18)6-7-15(16)19/h4-5,9-10H,6-8H2,1H3. The summed E-state index contributed by atoms with van der Waals surface area (Å²) in [5.74, 6) is 5.74. The molecule has 2 amide bonds. The molecule has 1 aliphatic heterocycles. The van der Waals surface area contributed by atoms with Crippen molar-refractivity contribution in [3.63, 3.8) is 0 Å². The first-order valence-electron chi connectivity index (χ1n) is 6.11. The lowest BCUT2D eigenvalue weighted by atomic mass is 10.1. The van der Waals surface area contributed by atoms with Crippen molar-refractivity contribution in [3.05, 3.63) is 29.3 Å². The molecule has 20 heavy (non-hydrogen) atoms. The molecule has 0 N–H and O–H groups in total. The van der Waals surface area contributed by atoms with Gasteiger partial charge in [0.15, 0.2) is 0 Å². The van der Waals surface area contributed by atoms with E-state index in [2.05, 4.69) is 11.8 Å². The third-order valence-electron chi connectivity index (χ3n) is 2.98. The highest BCUT2D eigenvalue weighted by molar-refractivity contribution is 6.02. The summed E-state index contributed by atoms with van der Waals surface area (Å²) >= 11 is 0. The lowest BCUT2D eigenvalue weighted by molar-refractivity contribution is -0.137. The molecule has 1 saturated heterocycles. The molecular formula is C15H13NO4. The highest BCUT2D eigenvalue weighted by atomic mass is 16.5. The number of aldehydes is 1. The Bertz CT molecular complexity index is 608. The summed E-state index contributed by atoms with van der Waals surface area (Å²) in [5, 5.41) is 0. The van der Waals surface area contributed by atoms with Gasteiger partial charge >= 0.3 is 0 Å². The Kier molecular flexibility index (Phi) is 4.16. The van der Waals surface area contributed by atoms with E-state index in [4.69, 9.17) is 4.74 Å². The van der Waals surface area contributed by atoms with Gasteiger partial charge in [-0.25, -0.2) is 0 Å². The van der Waals surface area contributed by atoms with Gasteiger partial charge < -0.3 is 4.74 Å². The van der Waals surface area contributed by atoms with Crippen molar-refractivity contribution in [2.24, 2.45) is 0 Å². The summed E-state index contributed by atoms with van der Waals surface area (Å²) in [6.45, 7) is 0.0796. The molecule has 5 heteroatoms. The molecule has 2 rings (SSSR count).